The number of halogens is 2. The van der Waals surface area contributed by atoms with Gasteiger partial charge >= 0.3 is 0 Å². The second-order valence-electron chi connectivity index (χ2n) is 6.56. The van der Waals surface area contributed by atoms with Gasteiger partial charge in [-0.05, 0) is 30.0 Å². The maximum Gasteiger partial charge on any atom is 0.245 e. The molecule has 1 aliphatic rings. The van der Waals surface area contributed by atoms with Gasteiger partial charge in [-0.25, -0.2) is 17.2 Å². The molecular weight excluding hydrogens is 374 g/mol. The summed E-state index contributed by atoms with van der Waals surface area (Å²) in [6.07, 6.45) is 0.714. The van der Waals surface area contributed by atoms with Gasteiger partial charge in [-0.15, -0.1) is 0 Å². The van der Waals surface area contributed by atoms with E-state index in [1.165, 1.54) is 0 Å². The van der Waals surface area contributed by atoms with Gasteiger partial charge in [0.25, 0.3) is 0 Å². The van der Waals surface area contributed by atoms with Gasteiger partial charge in [-0.3, -0.25) is 4.79 Å². The fourth-order valence-electron chi connectivity index (χ4n) is 3.14. The minimum absolute atomic E-state index is 0.137. The molecule has 0 bridgehead atoms. The van der Waals surface area contributed by atoms with Gasteiger partial charge in [0, 0.05) is 32.1 Å². The Bertz CT molecular complexity index is 920. The first-order chi connectivity index (χ1) is 12.9. The summed E-state index contributed by atoms with van der Waals surface area (Å²) in [5.74, 6) is -2.24. The van der Waals surface area contributed by atoms with Crippen LogP contribution in [0.25, 0.3) is 0 Å². The Balaban J connectivity index is 1.57. The van der Waals surface area contributed by atoms with Crippen LogP contribution in [-0.4, -0.2) is 31.7 Å². The summed E-state index contributed by atoms with van der Waals surface area (Å²) in [5.41, 5.74) is 0.980. The highest BCUT2D eigenvalue weighted by atomic mass is 32.2. The molecule has 8 heteroatoms. The topological polar surface area (TPSA) is 66.5 Å². The molecule has 0 radical (unpaired) electrons. The first kappa shape index (κ1) is 19.4. The number of sulfonamides is 1. The lowest BCUT2D eigenvalue weighted by molar-refractivity contribution is -0.122. The lowest BCUT2D eigenvalue weighted by Gasteiger charge is -2.17. The maximum atomic E-state index is 13.9. The predicted octanol–water partition coefficient (Wildman–Crippen LogP) is 2.68. The third-order valence-corrected chi connectivity index (χ3v) is 6.47. The summed E-state index contributed by atoms with van der Waals surface area (Å²) in [6, 6.07) is 11.9. The van der Waals surface area contributed by atoms with Crippen molar-refractivity contribution in [2.75, 3.05) is 13.1 Å². The minimum Gasteiger partial charge on any atom is -0.352 e. The molecule has 27 heavy (non-hydrogen) atoms. The summed E-state index contributed by atoms with van der Waals surface area (Å²) >= 11 is 0. The molecule has 1 heterocycles. The lowest BCUT2D eigenvalue weighted by Crippen LogP contribution is -2.31. The van der Waals surface area contributed by atoms with Crippen molar-refractivity contribution >= 4 is 15.9 Å². The van der Waals surface area contributed by atoms with E-state index >= 15 is 0 Å². The van der Waals surface area contributed by atoms with E-state index in [4.69, 9.17) is 0 Å². The molecule has 144 valence electrons. The van der Waals surface area contributed by atoms with E-state index in [9.17, 15) is 22.0 Å². The highest BCUT2D eigenvalue weighted by molar-refractivity contribution is 7.89. The fourth-order valence-corrected chi connectivity index (χ4v) is 4.71. The monoisotopic (exact) mass is 394 g/mol. The molecule has 3 rings (SSSR count). The van der Waals surface area contributed by atoms with Crippen molar-refractivity contribution in [3.05, 3.63) is 65.7 Å². The van der Waals surface area contributed by atoms with E-state index < -0.39 is 26.6 Å². The molecule has 1 fully saturated rings. The molecule has 1 saturated heterocycles. The molecule has 0 spiro atoms. The number of nitrogens with one attached hydrogen (secondary N) is 1. The zero-order valence-electron chi connectivity index (χ0n) is 14.6. The van der Waals surface area contributed by atoms with E-state index in [0.29, 0.717) is 19.0 Å². The molecule has 5 nitrogen and oxygen atoms in total. The van der Waals surface area contributed by atoms with Crippen molar-refractivity contribution in [1.82, 2.24) is 9.62 Å². The summed E-state index contributed by atoms with van der Waals surface area (Å²) in [5, 5.41) is 2.82. The van der Waals surface area contributed by atoms with Crippen molar-refractivity contribution in [2.45, 2.75) is 24.3 Å². The summed E-state index contributed by atoms with van der Waals surface area (Å²) in [7, 11) is -4.05. The number of amides is 1. The van der Waals surface area contributed by atoms with Gasteiger partial charge in [-0.1, -0.05) is 30.3 Å². The van der Waals surface area contributed by atoms with Crippen LogP contribution in [0.15, 0.2) is 53.4 Å². The Morgan fingerprint density at radius 2 is 1.89 bits per heavy atom. The largest absolute Gasteiger partial charge is 0.352 e. The molecule has 2 aromatic rings. The van der Waals surface area contributed by atoms with Crippen LogP contribution in [0.3, 0.4) is 0 Å². The fraction of sp³-hybridized carbons (Fsp3) is 0.316. The molecule has 2 aromatic carbocycles. The van der Waals surface area contributed by atoms with Crippen LogP contribution in [0, 0.1) is 17.6 Å². The van der Waals surface area contributed by atoms with E-state index in [1.807, 2.05) is 30.3 Å². The maximum absolute atomic E-state index is 13.9. The Kier molecular flexibility index (Phi) is 5.86. The first-order valence-electron chi connectivity index (χ1n) is 8.62. The Hall–Kier alpha value is -2.32. The molecular formula is C19H20F2N2O3S. The van der Waals surface area contributed by atoms with Crippen molar-refractivity contribution in [1.29, 1.82) is 0 Å². The van der Waals surface area contributed by atoms with Crippen LogP contribution < -0.4 is 5.32 Å². The number of nitrogens with zero attached hydrogens (tertiary/aromatic N) is 1. The van der Waals surface area contributed by atoms with Gasteiger partial charge in [0.2, 0.25) is 15.9 Å². The van der Waals surface area contributed by atoms with E-state index in [1.54, 1.807) is 0 Å². The zero-order valence-corrected chi connectivity index (χ0v) is 15.4. The standard InChI is InChI=1S/C19H20F2N2O3S/c20-16-6-7-18(17(21)11-16)27(25,26)23-9-8-15(13-23)10-19(24)22-12-14-4-2-1-3-5-14/h1-7,11,15H,8-10,12-13H2,(H,22,24)/t15-/m1/s1. The molecule has 1 amide bonds. The SMILES string of the molecule is O=C(C[C@H]1CCN(S(=O)(=O)c2ccc(F)cc2F)C1)NCc1ccccc1. The molecule has 0 saturated carbocycles. The minimum atomic E-state index is -4.05. The van der Waals surface area contributed by atoms with Crippen LogP contribution in [0.4, 0.5) is 8.78 Å². The molecule has 1 aliphatic heterocycles. The molecule has 0 unspecified atom stereocenters. The number of hydrogen-bond acceptors (Lipinski definition) is 3. The second kappa shape index (κ2) is 8.14. The summed E-state index contributed by atoms with van der Waals surface area (Å²) in [4.78, 5) is 11.6. The zero-order chi connectivity index (χ0) is 19.4. The Morgan fingerprint density at radius 1 is 1.15 bits per heavy atom. The van der Waals surface area contributed by atoms with Crippen LogP contribution in [0.5, 0.6) is 0 Å². The summed E-state index contributed by atoms with van der Waals surface area (Å²) < 4.78 is 53.2. The predicted molar refractivity (Wildman–Crippen MR) is 96.1 cm³/mol. The molecule has 0 aromatic heterocycles. The number of carbonyl (C=O) groups excluding carboxylic acids is 1. The normalized spacial score (nSPS) is 17.8. The third-order valence-electron chi connectivity index (χ3n) is 4.57. The third kappa shape index (κ3) is 4.70. The van der Waals surface area contributed by atoms with Crippen molar-refractivity contribution < 1.29 is 22.0 Å². The average Bonchev–Trinajstić information content (AvgIpc) is 3.10. The number of hydrogen-bond donors (Lipinski definition) is 1. The van der Waals surface area contributed by atoms with Crippen LogP contribution in [0.2, 0.25) is 0 Å². The average molecular weight is 394 g/mol. The number of benzene rings is 2. The molecule has 0 aliphatic carbocycles. The second-order valence-corrected chi connectivity index (χ2v) is 8.47. The Labute approximate surface area is 157 Å². The lowest BCUT2D eigenvalue weighted by atomic mass is 10.0. The van der Waals surface area contributed by atoms with Crippen molar-refractivity contribution in [3.8, 4) is 0 Å². The van der Waals surface area contributed by atoms with Crippen LogP contribution >= 0.6 is 0 Å². The van der Waals surface area contributed by atoms with Gasteiger partial charge in [0.15, 0.2) is 0 Å². The number of carbonyl (C=O) groups is 1. The Morgan fingerprint density at radius 3 is 2.59 bits per heavy atom. The van der Waals surface area contributed by atoms with Crippen molar-refractivity contribution in [3.63, 3.8) is 0 Å². The van der Waals surface area contributed by atoms with E-state index in [0.717, 1.165) is 22.0 Å². The van der Waals surface area contributed by atoms with Gasteiger partial charge in [0.05, 0.1) is 0 Å². The highest BCUT2D eigenvalue weighted by Gasteiger charge is 2.34. The van der Waals surface area contributed by atoms with Gasteiger partial charge < -0.3 is 5.32 Å². The van der Waals surface area contributed by atoms with E-state index in [-0.39, 0.29) is 31.3 Å². The first-order valence-corrected chi connectivity index (χ1v) is 10.1. The summed E-state index contributed by atoms with van der Waals surface area (Å²) in [6.45, 7) is 0.753. The molecule has 1 atom stereocenters. The van der Waals surface area contributed by atoms with Gasteiger partial charge in [-0.2, -0.15) is 4.31 Å². The van der Waals surface area contributed by atoms with E-state index in [2.05, 4.69) is 5.32 Å². The molecule has 1 N–H and O–H groups in total. The number of rotatable bonds is 6. The quantitative estimate of drug-likeness (QED) is 0.819. The highest BCUT2D eigenvalue weighted by Crippen LogP contribution is 2.27. The van der Waals surface area contributed by atoms with Crippen LogP contribution in [-0.2, 0) is 21.4 Å². The van der Waals surface area contributed by atoms with Gasteiger partial charge in [0.1, 0.15) is 16.5 Å². The van der Waals surface area contributed by atoms with Crippen LogP contribution in [0.1, 0.15) is 18.4 Å². The van der Waals surface area contributed by atoms with Crippen molar-refractivity contribution in [2.24, 2.45) is 5.92 Å². The smallest absolute Gasteiger partial charge is 0.245 e.